The van der Waals surface area contributed by atoms with Gasteiger partial charge in [-0.2, -0.15) is 0 Å². The summed E-state index contributed by atoms with van der Waals surface area (Å²) in [5.41, 5.74) is 4.88. The molecule has 0 spiro atoms. The fraction of sp³-hybridized carbons (Fsp3) is 0.333. The van der Waals surface area contributed by atoms with Gasteiger partial charge >= 0.3 is 5.97 Å². The molecule has 20 heavy (non-hydrogen) atoms. The van der Waals surface area contributed by atoms with Crippen molar-refractivity contribution in [1.82, 2.24) is 9.88 Å². The van der Waals surface area contributed by atoms with Crippen molar-refractivity contribution >= 4 is 17.3 Å². The monoisotopic (exact) mass is 288 g/mol. The third-order valence-electron chi connectivity index (χ3n) is 3.95. The van der Waals surface area contributed by atoms with Gasteiger partial charge in [-0.15, -0.1) is 11.3 Å². The van der Waals surface area contributed by atoms with Crippen LogP contribution in [0.5, 0.6) is 0 Å². The highest BCUT2D eigenvalue weighted by atomic mass is 32.1. The van der Waals surface area contributed by atoms with Gasteiger partial charge in [-0.05, 0) is 18.1 Å². The van der Waals surface area contributed by atoms with E-state index in [0.29, 0.717) is 6.54 Å². The molecular formula is C15H16N2O2S. The van der Waals surface area contributed by atoms with Crippen molar-refractivity contribution in [2.75, 3.05) is 6.54 Å². The zero-order valence-electron chi connectivity index (χ0n) is 11.2. The van der Waals surface area contributed by atoms with Crippen molar-refractivity contribution in [3.05, 3.63) is 52.0 Å². The molecule has 2 aromatic rings. The molecule has 0 bridgehead atoms. The smallest absolute Gasteiger partial charge is 0.312 e. The van der Waals surface area contributed by atoms with Gasteiger partial charge in [0.15, 0.2) is 0 Å². The molecule has 2 atom stereocenters. The largest absolute Gasteiger partial charge is 0.481 e. The Balaban J connectivity index is 1.92. The average molecular weight is 288 g/mol. The van der Waals surface area contributed by atoms with E-state index in [1.807, 2.05) is 35.2 Å². The lowest BCUT2D eigenvalue weighted by Gasteiger charge is -2.36. The Morgan fingerprint density at radius 3 is 3.00 bits per heavy atom. The summed E-state index contributed by atoms with van der Waals surface area (Å²) in [5.74, 6) is -1.21. The molecular weight excluding hydrogens is 272 g/mol. The molecule has 0 aliphatic carbocycles. The second kappa shape index (κ2) is 5.34. The number of carbonyl (C=O) groups is 1. The molecule has 5 heteroatoms. The molecule has 1 N–H and O–H groups in total. The van der Waals surface area contributed by atoms with E-state index in [0.717, 1.165) is 23.4 Å². The number of nitrogens with zero attached hydrogens (tertiary/aromatic N) is 2. The van der Waals surface area contributed by atoms with Gasteiger partial charge in [0.25, 0.3) is 0 Å². The molecule has 0 radical (unpaired) electrons. The third-order valence-corrected chi connectivity index (χ3v) is 4.55. The number of aliphatic carboxylic acids is 1. The topological polar surface area (TPSA) is 53.4 Å². The minimum atomic E-state index is -0.757. The average Bonchev–Trinajstić information content (AvgIpc) is 2.99. The first-order valence-electron chi connectivity index (χ1n) is 6.59. The van der Waals surface area contributed by atoms with E-state index >= 15 is 0 Å². The molecule has 0 amide bonds. The number of carboxylic acids is 1. The predicted molar refractivity (Wildman–Crippen MR) is 77.8 cm³/mol. The fourth-order valence-electron chi connectivity index (χ4n) is 2.76. The van der Waals surface area contributed by atoms with Crippen molar-refractivity contribution in [1.29, 1.82) is 0 Å². The van der Waals surface area contributed by atoms with E-state index in [2.05, 4.69) is 16.8 Å². The van der Waals surface area contributed by atoms with Gasteiger partial charge in [-0.1, -0.05) is 24.3 Å². The van der Waals surface area contributed by atoms with E-state index in [1.54, 1.807) is 11.3 Å². The summed E-state index contributed by atoms with van der Waals surface area (Å²) < 4.78 is 0. The Bertz CT molecular complexity index is 612. The highest BCUT2D eigenvalue weighted by molar-refractivity contribution is 7.07. The van der Waals surface area contributed by atoms with E-state index in [-0.39, 0.29) is 6.04 Å². The Morgan fingerprint density at radius 1 is 1.50 bits per heavy atom. The first-order valence-corrected chi connectivity index (χ1v) is 7.54. The Morgan fingerprint density at radius 2 is 2.30 bits per heavy atom. The zero-order valence-corrected chi connectivity index (χ0v) is 12.0. The van der Waals surface area contributed by atoms with Crippen LogP contribution in [0.3, 0.4) is 0 Å². The molecule has 2 unspecified atom stereocenters. The number of rotatable bonds is 3. The summed E-state index contributed by atoms with van der Waals surface area (Å²) >= 11 is 1.57. The number of benzene rings is 1. The van der Waals surface area contributed by atoms with Gasteiger partial charge in [0.05, 0.1) is 23.2 Å². The van der Waals surface area contributed by atoms with E-state index in [1.165, 1.54) is 0 Å². The van der Waals surface area contributed by atoms with Gasteiger partial charge in [-0.25, -0.2) is 4.98 Å². The Kier molecular flexibility index (Phi) is 3.54. The van der Waals surface area contributed by atoms with E-state index in [9.17, 15) is 9.90 Å². The molecule has 0 fully saturated rings. The number of aromatic nitrogens is 1. The first-order chi connectivity index (χ1) is 9.66. The van der Waals surface area contributed by atoms with Gasteiger partial charge in [0, 0.05) is 18.5 Å². The maximum Gasteiger partial charge on any atom is 0.312 e. The van der Waals surface area contributed by atoms with Crippen LogP contribution in [0.2, 0.25) is 0 Å². The van der Waals surface area contributed by atoms with Crippen LogP contribution in [-0.2, 0) is 11.3 Å². The summed E-state index contributed by atoms with van der Waals surface area (Å²) in [6.07, 6.45) is 0. The third kappa shape index (κ3) is 2.34. The van der Waals surface area contributed by atoms with Crippen LogP contribution in [0, 0.1) is 0 Å². The van der Waals surface area contributed by atoms with Gasteiger partial charge in [0.2, 0.25) is 0 Å². The van der Waals surface area contributed by atoms with Crippen molar-refractivity contribution in [2.45, 2.75) is 25.4 Å². The number of hydrogen-bond donors (Lipinski definition) is 1. The Labute approximate surface area is 121 Å². The van der Waals surface area contributed by atoms with Crippen molar-refractivity contribution in [3.8, 4) is 0 Å². The van der Waals surface area contributed by atoms with Crippen molar-refractivity contribution in [3.63, 3.8) is 0 Å². The number of carboxylic acid groups (broad SMARTS) is 1. The number of fused-ring (bicyclic) bond motifs is 1. The summed E-state index contributed by atoms with van der Waals surface area (Å²) in [4.78, 5) is 18.1. The molecule has 4 nitrogen and oxygen atoms in total. The molecule has 0 saturated carbocycles. The highest BCUT2D eigenvalue weighted by Crippen LogP contribution is 2.33. The minimum Gasteiger partial charge on any atom is -0.481 e. The van der Waals surface area contributed by atoms with Gasteiger partial charge in [0.1, 0.15) is 0 Å². The van der Waals surface area contributed by atoms with Crippen LogP contribution in [0.4, 0.5) is 0 Å². The van der Waals surface area contributed by atoms with Crippen LogP contribution >= 0.6 is 11.3 Å². The standard InChI is InChI=1S/C15H16N2O2S/c1-10(14-8-20-9-16-14)17-6-11-4-2-3-5-12(11)13(7-17)15(18)19/h2-5,8-10,13H,6-7H2,1H3,(H,18,19). The maximum atomic E-state index is 11.5. The van der Waals surface area contributed by atoms with Crippen molar-refractivity contribution in [2.24, 2.45) is 0 Å². The molecule has 1 aliphatic heterocycles. The summed E-state index contributed by atoms with van der Waals surface area (Å²) in [6.45, 7) is 3.39. The molecule has 1 aliphatic rings. The molecule has 104 valence electrons. The van der Waals surface area contributed by atoms with Crippen LogP contribution in [-0.4, -0.2) is 27.5 Å². The second-order valence-corrected chi connectivity index (χ2v) is 5.83. The maximum absolute atomic E-state index is 11.5. The van der Waals surface area contributed by atoms with Crippen LogP contribution < -0.4 is 0 Å². The second-order valence-electron chi connectivity index (χ2n) is 5.11. The first kappa shape index (κ1) is 13.3. The molecule has 2 heterocycles. The Hall–Kier alpha value is -1.72. The fourth-order valence-corrected chi connectivity index (χ4v) is 3.40. The summed E-state index contributed by atoms with van der Waals surface area (Å²) in [6, 6.07) is 7.96. The molecule has 1 aromatic heterocycles. The van der Waals surface area contributed by atoms with E-state index in [4.69, 9.17) is 0 Å². The van der Waals surface area contributed by atoms with Gasteiger partial charge in [-0.3, -0.25) is 9.69 Å². The van der Waals surface area contributed by atoms with Crippen LogP contribution in [0.25, 0.3) is 0 Å². The van der Waals surface area contributed by atoms with Crippen molar-refractivity contribution < 1.29 is 9.90 Å². The van der Waals surface area contributed by atoms with Gasteiger partial charge < -0.3 is 5.11 Å². The molecule has 1 aromatic carbocycles. The van der Waals surface area contributed by atoms with Crippen LogP contribution in [0.15, 0.2) is 35.2 Å². The quantitative estimate of drug-likeness (QED) is 0.943. The lowest BCUT2D eigenvalue weighted by atomic mass is 9.89. The lowest BCUT2D eigenvalue weighted by molar-refractivity contribution is -0.139. The SMILES string of the molecule is CC(c1cscn1)N1Cc2ccccc2C(C(=O)O)C1. The van der Waals surface area contributed by atoms with Crippen LogP contribution in [0.1, 0.15) is 35.7 Å². The molecule has 3 rings (SSSR count). The number of thiazole rings is 1. The lowest BCUT2D eigenvalue weighted by Crippen LogP contribution is -2.38. The highest BCUT2D eigenvalue weighted by Gasteiger charge is 2.32. The predicted octanol–water partition coefficient (Wildman–Crippen LogP) is 2.89. The minimum absolute atomic E-state index is 0.136. The zero-order chi connectivity index (χ0) is 14.1. The number of hydrogen-bond acceptors (Lipinski definition) is 4. The summed E-state index contributed by atoms with van der Waals surface area (Å²) in [7, 11) is 0. The molecule has 0 saturated heterocycles. The van der Waals surface area contributed by atoms with E-state index < -0.39 is 11.9 Å². The summed E-state index contributed by atoms with van der Waals surface area (Å²) in [5, 5.41) is 11.5. The normalized spacial score (nSPS) is 20.4.